The molecule has 0 aliphatic carbocycles. The molecule has 0 saturated carbocycles. The van der Waals surface area contributed by atoms with E-state index in [4.69, 9.17) is 0 Å². The van der Waals surface area contributed by atoms with E-state index in [1.54, 1.807) is 16.4 Å². The number of hydrogen-bond donors (Lipinski definition) is 2. The van der Waals surface area contributed by atoms with Crippen LogP contribution in [0.25, 0.3) is 0 Å². The summed E-state index contributed by atoms with van der Waals surface area (Å²) in [4.78, 5) is 11.9. The second-order valence-electron chi connectivity index (χ2n) is 6.15. The molecule has 1 aromatic carbocycles. The zero-order chi connectivity index (χ0) is 16.4. The molecule has 126 valence electrons. The van der Waals surface area contributed by atoms with E-state index in [2.05, 4.69) is 10.0 Å². The Bertz CT molecular complexity index is 703. The van der Waals surface area contributed by atoms with Gasteiger partial charge in [-0.05, 0) is 43.4 Å². The fourth-order valence-electron chi connectivity index (χ4n) is 3.38. The molecular formula is C16H23N3O3S. The minimum absolute atomic E-state index is 0.0576. The van der Waals surface area contributed by atoms with Gasteiger partial charge in [0.1, 0.15) is 0 Å². The summed E-state index contributed by atoms with van der Waals surface area (Å²) in [6, 6.07) is 5.26. The second kappa shape index (κ2) is 6.49. The number of hydrogen-bond acceptors (Lipinski definition) is 3. The van der Waals surface area contributed by atoms with Gasteiger partial charge in [-0.2, -0.15) is 12.7 Å². The molecule has 2 aliphatic rings. The molecule has 23 heavy (non-hydrogen) atoms. The standard InChI is InChI=1S/C16H23N3O3S/c1-2-14-5-3-4-10-19(14)23(21,22)18-13-7-6-12-8-9-17-16(20)15(12)11-13/h6-7,11,14,18H,2-5,8-10H2,1H3,(H,17,20). The van der Waals surface area contributed by atoms with Gasteiger partial charge in [-0.3, -0.25) is 9.52 Å². The van der Waals surface area contributed by atoms with Gasteiger partial charge in [-0.1, -0.05) is 19.4 Å². The number of nitrogens with zero attached hydrogens (tertiary/aromatic N) is 1. The first-order valence-corrected chi connectivity index (χ1v) is 9.66. The Hall–Kier alpha value is -1.60. The van der Waals surface area contributed by atoms with Gasteiger partial charge >= 0.3 is 10.2 Å². The number of amides is 1. The van der Waals surface area contributed by atoms with Crippen LogP contribution in [-0.4, -0.2) is 37.8 Å². The Morgan fingerprint density at radius 3 is 2.96 bits per heavy atom. The molecule has 6 nitrogen and oxygen atoms in total. The Labute approximate surface area is 137 Å². The van der Waals surface area contributed by atoms with Crippen molar-refractivity contribution in [1.29, 1.82) is 0 Å². The number of benzene rings is 1. The highest BCUT2D eigenvalue weighted by molar-refractivity contribution is 7.90. The summed E-state index contributed by atoms with van der Waals surface area (Å²) in [6.07, 6.45) is 4.46. The smallest absolute Gasteiger partial charge is 0.301 e. The Balaban J connectivity index is 1.83. The van der Waals surface area contributed by atoms with Crippen molar-refractivity contribution in [3.63, 3.8) is 0 Å². The Kier molecular flexibility index (Phi) is 4.59. The third kappa shape index (κ3) is 3.35. The normalized spacial score (nSPS) is 22.3. The van der Waals surface area contributed by atoms with E-state index in [1.807, 2.05) is 13.0 Å². The van der Waals surface area contributed by atoms with E-state index in [-0.39, 0.29) is 11.9 Å². The second-order valence-corrected chi connectivity index (χ2v) is 7.78. The van der Waals surface area contributed by atoms with Crippen molar-refractivity contribution in [2.75, 3.05) is 17.8 Å². The molecule has 1 saturated heterocycles. The number of carbonyl (C=O) groups excluding carboxylic acids is 1. The van der Waals surface area contributed by atoms with Gasteiger partial charge in [0.15, 0.2) is 0 Å². The lowest BCUT2D eigenvalue weighted by Crippen LogP contribution is -2.46. The minimum atomic E-state index is -3.59. The third-order valence-electron chi connectivity index (χ3n) is 4.63. The summed E-state index contributed by atoms with van der Waals surface area (Å²) >= 11 is 0. The predicted octanol–water partition coefficient (Wildman–Crippen LogP) is 1.89. The topological polar surface area (TPSA) is 78.5 Å². The molecule has 2 heterocycles. The zero-order valence-electron chi connectivity index (χ0n) is 13.3. The van der Waals surface area contributed by atoms with Crippen LogP contribution >= 0.6 is 0 Å². The van der Waals surface area contributed by atoms with Crippen LogP contribution < -0.4 is 10.0 Å². The molecule has 0 bridgehead atoms. The molecule has 3 rings (SSSR count). The lowest BCUT2D eigenvalue weighted by Gasteiger charge is -2.34. The van der Waals surface area contributed by atoms with Gasteiger partial charge in [0.2, 0.25) is 0 Å². The van der Waals surface area contributed by atoms with Gasteiger partial charge < -0.3 is 5.32 Å². The van der Waals surface area contributed by atoms with E-state index in [0.29, 0.717) is 24.3 Å². The molecule has 1 atom stereocenters. The number of fused-ring (bicyclic) bond motifs is 1. The molecular weight excluding hydrogens is 314 g/mol. The first-order valence-electron chi connectivity index (χ1n) is 8.22. The monoisotopic (exact) mass is 337 g/mol. The molecule has 1 amide bonds. The van der Waals surface area contributed by atoms with Crippen LogP contribution in [0.1, 0.15) is 48.5 Å². The van der Waals surface area contributed by atoms with E-state index in [0.717, 1.165) is 37.7 Å². The van der Waals surface area contributed by atoms with Crippen LogP contribution in [0, 0.1) is 0 Å². The van der Waals surface area contributed by atoms with Crippen LogP contribution in [-0.2, 0) is 16.6 Å². The zero-order valence-corrected chi connectivity index (χ0v) is 14.2. The lowest BCUT2D eigenvalue weighted by atomic mass is 10.00. The maximum Gasteiger partial charge on any atom is 0.301 e. The van der Waals surface area contributed by atoms with Crippen LogP contribution in [0.2, 0.25) is 0 Å². The van der Waals surface area contributed by atoms with Crippen molar-refractivity contribution >= 4 is 21.8 Å². The SMILES string of the molecule is CCC1CCCCN1S(=O)(=O)Nc1ccc2c(c1)C(=O)NCC2. The Morgan fingerprint density at radius 1 is 1.35 bits per heavy atom. The van der Waals surface area contributed by atoms with Gasteiger partial charge in [0, 0.05) is 24.7 Å². The first-order chi connectivity index (χ1) is 11.0. The molecule has 0 radical (unpaired) electrons. The molecule has 1 unspecified atom stereocenters. The summed E-state index contributed by atoms with van der Waals surface area (Å²) in [5.74, 6) is -0.142. The van der Waals surface area contributed by atoms with Crippen molar-refractivity contribution in [1.82, 2.24) is 9.62 Å². The van der Waals surface area contributed by atoms with Crippen molar-refractivity contribution < 1.29 is 13.2 Å². The van der Waals surface area contributed by atoms with E-state index < -0.39 is 10.2 Å². The average molecular weight is 337 g/mol. The van der Waals surface area contributed by atoms with Crippen LogP contribution in [0.4, 0.5) is 5.69 Å². The molecule has 2 aliphatic heterocycles. The van der Waals surface area contributed by atoms with Crippen LogP contribution in [0.3, 0.4) is 0 Å². The number of piperidine rings is 1. The molecule has 0 spiro atoms. The summed E-state index contributed by atoms with van der Waals surface area (Å²) in [6.45, 7) is 3.20. The van der Waals surface area contributed by atoms with Crippen LogP contribution in [0.5, 0.6) is 0 Å². The van der Waals surface area contributed by atoms with Crippen molar-refractivity contribution in [3.05, 3.63) is 29.3 Å². The van der Waals surface area contributed by atoms with E-state index >= 15 is 0 Å². The number of carbonyl (C=O) groups is 1. The highest BCUT2D eigenvalue weighted by Crippen LogP contribution is 2.25. The van der Waals surface area contributed by atoms with E-state index in [9.17, 15) is 13.2 Å². The summed E-state index contributed by atoms with van der Waals surface area (Å²) in [5, 5.41) is 2.78. The predicted molar refractivity (Wildman–Crippen MR) is 89.7 cm³/mol. The number of rotatable bonds is 4. The van der Waals surface area contributed by atoms with Gasteiger partial charge in [0.05, 0.1) is 5.69 Å². The van der Waals surface area contributed by atoms with Crippen molar-refractivity contribution in [2.24, 2.45) is 0 Å². The van der Waals surface area contributed by atoms with Crippen LogP contribution in [0.15, 0.2) is 18.2 Å². The summed E-state index contributed by atoms with van der Waals surface area (Å²) in [5.41, 5.74) is 1.96. The van der Waals surface area contributed by atoms with Crippen molar-refractivity contribution in [2.45, 2.75) is 45.1 Å². The average Bonchev–Trinajstić information content (AvgIpc) is 2.55. The molecule has 0 aromatic heterocycles. The highest BCUT2D eigenvalue weighted by atomic mass is 32.2. The molecule has 7 heteroatoms. The number of nitrogens with one attached hydrogen (secondary N) is 2. The fraction of sp³-hybridized carbons (Fsp3) is 0.562. The largest absolute Gasteiger partial charge is 0.352 e. The molecule has 1 fully saturated rings. The highest BCUT2D eigenvalue weighted by Gasteiger charge is 2.31. The summed E-state index contributed by atoms with van der Waals surface area (Å²) in [7, 11) is -3.59. The molecule has 1 aromatic rings. The quantitative estimate of drug-likeness (QED) is 0.881. The van der Waals surface area contributed by atoms with E-state index in [1.165, 1.54) is 0 Å². The maximum absolute atomic E-state index is 12.7. The third-order valence-corrected chi connectivity index (χ3v) is 6.23. The first kappa shape index (κ1) is 16.3. The summed E-state index contributed by atoms with van der Waals surface area (Å²) < 4.78 is 29.6. The maximum atomic E-state index is 12.7. The van der Waals surface area contributed by atoms with Gasteiger partial charge in [0.25, 0.3) is 5.91 Å². The Morgan fingerprint density at radius 2 is 2.17 bits per heavy atom. The molecule has 2 N–H and O–H groups in total. The minimum Gasteiger partial charge on any atom is -0.352 e. The number of anilines is 1. The van der Waals surface area contributed by atoms with Gasteiger partial charge in [-0.25, -0.2) is 0 Å². The lowest BCUT2D eigenvalue weighted by molar-refractivity contribution is 0.0946. The van der Waals surface area contributed by atoms with Gasteiger partial charge in [-0.15, -0.1) is 0 Å². The fourth-order valence-corrected chi connectivity index (χ4v) is 4.94. The van der Waals surface area contributed by atoms with Crippen molar-refractivity contribution in [3.8, 4) is 0 Å².